The SMILES string of the molecule is COc1cccc(C(=O)Nc2nnc(C3CC(=O)N(c4ccccc4)C3)o2)c1OC. The quantitative estimate of drug-likeness (QED) is 0.668. The predicted molar refractivity (Wildman–Crippen MR) is 108 cm³/mol. The number of rotatable bonds is 6. The molecule has 1 atom stereocenters. The van der Waals surface area contributed by atoms with Crippen molar-refractivity contribution in [3.63, 3.8) is 0 Å². The molecule has 2 heterocycles. The Balaban J connectivity index is 1.48. The molecule has 2 amide bonds. The van der Waals surface area contributed by atoms with Crippen LogP contribution in [-0.4, -0.2) is 42.8 Å². The van der Waals surface area contributed by atoms with E-state index in [2.05, 4.69) is 15.5 Å². The Hall–Kier alpha value is -3.88. The zero-order chi connectivity index (χ0) is 21.1. The number of nitrogens with zero attached hydrogens (tertiary/aromatic N) is 3. The Morgan fingerprint density at radius 3 is 2.63 bits per heavy atom. The number of anilines is 2. The fourth-order valence-corrected chi connectivity index (χ4v) is 3.41. The number of para-hydroxylation sites is 2. The van der Waals surface area contributed by atoms with Gasteiger partial charge in [-0.2, -0.15) is 0 Å². The van der Waals surface area contributed by atoms with E-state index in [1.165, 1.54) is 14.2 Å². The maximum atomic E-state index is 12.6. The van der Waals surface area contributed by atoms with Crippen molar-refractivity contribution in [1.29, 1.82) is 0 Å². The van der Waals surface area contributed by atoms with Gasteiger partial charge < -0.3 is 18.8 Å². The number of hydrogen-bond donors (Lipinski definition) is 1. The Labute approximate surface area is 172 Å². The molecule has 4 rings (SSSR count). The van der Waals surface area contributed by atoms with Crippen molar-refractivity contribution in [2.45, 2.75) is 12.3 Å². The zero-order valence-corrected chi connectivity index (χ0v) is 16.5. The molecule has 0 aliphatic carbocycles. The highest BCUT2D eigenvalue weighted by Crippen LogP contribution is 2.33. The summed E-state index contributed by atoms with van der Waals surface area (Å²) in [6.07, 6.45) is 0.258. The molecule has 1 N–H and O–H groups in total. The Morgan fingerprint density at radius 1 is 1.10 bits per heavy atom. The molecule has 1 fully saturated rings. The van der Waals surface area contributed by atoms with Crippen molar-refractivity contribution in [1.82, 2.24) is 10.2 Å². The van der Waals surface area contributed by atoms with Crippen LogP contribution in [0.4, 0.5) is 11.7 Å². The second kappa shape index (κ2) is 8.24. The van der Waals surface area contributed by atoms with E-state index < -0.39 is 5.91 Å². The van der Waals surface area contributed by atoms with E-state index in [0.717, 1.165) is 5.69 Å². The number of hydrogen-bond acceptors (Lipinski definition) is 7. The van der Waals surface area contributed by atoms with Crippen molar-refractivity contribution in [3.8, 4) is 11.5 Å². The van der Waals surface area contributed by atoms with Gasteiger partial charge in [0.15, 0.2) is 11.5 Å². The number of methoxy groups -OCH3 is 2. The summed E-state index contributed by atoms with van der Waals surface area (Å²) in [7, 11) is 2.94. The van der Waals surface area contributed by atoms with Crippen molar-refractivity contribution in [2.75, 3.05) is 31.0 Å². The molecule has 0 radical (unpaired) electrons. The summed E-state index contributed by atoms with van der Waals surface area (Å²) in [6.45, 7) is 0.433. The van der Waals surface area contributed by atoms with Gasteiger partial charge in [0.05, 0.1) is 25.7 Å². The van der Waals surface area contributed by atoms with E-state index in [9.17, 15) is 9.59 Å². The molecule has 9 heteroatoms. The molecule has 1 aromatic heterocycles. The zero-order valence-electron chi connectivity index (χ0n) is 16.5. The summed E-state index contributed by atoms with van der Waals surface area (Å²) in [5.74, 6) is 0.293. The molecule has 9 nitrogen and oxygen atoms in total. The van der Waals surface area contributed by atoms with Gasteiger partial charge in [-0.25, -0.2) is 0 Å². The van der Waals surface area contributed by atoms with Crippen LogP contribution in [0.3, 0.4) is 0 Å². The van der Waals surface area contributed by atoms with Gasteiger partial charge in [0.2, 0.25) is 11.8 Å². The number of amides is 2. The van der Waals surface area contributed by atoms with Crippen molar-refractivity contribution < 1.29 is 23.5 Å². The minimum atomic E-state index is -0.477. The summed E-state index contributed by atoms with van der Waals surface area (Å²) < 4.78 is 16.1. The largest absolute Gasteiger partial charge is 0.493 e. The molecule has 1 aliphatic rings. The Kier molecular flexibility index (Phi) is 5.34. The molecule has 2 aromatic carbocycles. The van der Waals surface area contributed by atoms with Gasteiger partial charge >= 0.3 is 6.01 Å². The second-order valence-corrected chi connectivity index (χ2v) is 6.68. The normalized spacial score (nSPS) is 15.9. The fourth-order valence-electron chi connectivity index (χ4n) is 3.41. The molecular formula is C21H20N4O5. The lowest BCUT2D eigenvalue weighted by molar-refractivity contribution is -0.117. The molecule has 1 aliphatic heterocycles. The summed E-state index contributed by atoms with van der Waals surface area (Å²) in [6, 6.07) is 14.3. The third-order valence-electron chi connectivity index (χ3n) is 4.85. The fraction of sp³-hybridized carbons (Fsp3) is 0.238. The molecule has 0 bridgehead atoms. The van der Waals surface area contributed by atoms with Gasteiger partial charge in [0.1, 0.15) is 0 Å². The summed E-state index contributed by atoms with van der Waals surface area (Å²) >= 11 is 0. The first kappa shape index (κ1) is 19.4. The van der Waals surface area contributed by atoms with Crippen LogP contribution in [0.15, 0.2) is 52.9 Å². The van der Waals surface area contributed by atoms with Crippen LogP contribution in [-0.2, 0) is 4.79 Å². The smallest absolute Gasteiger partial charge is 0.322 e. The average Bonchev–Trinajstić information content (AvgIpc) is 3.40. The van der Waals surface area contributed by atoms with E-state index in [-0.39, 0.29) is 29.8 Å². The average molecular weight is 408 g/mol. The Morgan fingerprint density at radius 2 is 1.90 bits per heavy atom. The molecular weight excluding hydrogens is 388 g/mol. The van der Waals surface area contributed by atoms with Gasteiger partial charge in [0.25, 0.3) is 5.91 Å². The molecule has 30 heavy (non-hydrogen) atoms. The summed E-state index contributed by atoms with van der Waals surface area (Å²) in [4.78, 5) is 26.7. The van der Waals surface area contributed by atoms with E-state index in [1.54, 1.807) is 23.1 Å². The number of carbonyl (C=O) groups excluding carboxylic acids is 2. The highest BCUT2D eigenvalue weighted by Gasteiger charge is 2.35. The van der Waals surface area contributed by atoms with Gasteiger partial charge in [-0.15, -0.1) is 5.10 Å². The molecule has 0 spiro atoms. The van der Waals surface area contributed by atoms with E-state index in [4.69, 9.17) is 13.9 Å². The first-order valence-electron chi connectivity index (χ1n) is 9.32. The number of benzene rings is 2. The second-order valence-electron chi connectivity index (χ2n) is 6.68. The highest BCUT2D eigenvalue weighted by atomic mass is 16.5. The van der Waals surface area contributed by atoms with Crippen LogP contribution in [0.1, 0.15) is 28.6 Å². The van der Waals surface area contributed by atoms with Gasteiger partial charge in [-0.05, 0) is 24.3 Å². The molecule has 0 saturated carbocycles. The van der Waals surface area contributed by atoms with Crippen molar-refractivity contribution >= 4 is 23.5 Å². The van der Waals surface area contributed by atoms with Crippen LogP contribution >= 0.6 is 0 Å². The van der Waals surface area contributed by atoms with Crippen LogP contribution in [0, 0.1) is 0 Å². The van der Waals surface area contributed by atoms with Crippen molar-refractivity contribution in [3.05, 3.63) is 60.0 Å². The van der Waals surface area contributed by atoms with E-state index in [1.807, 2.05) is 30.3 Å². The lowest BCUT2D eigenvalue weighted by Gasteiger charge is -2.15. The third kappa shape index (κ3) is 3.69. The van der Waals surface area contributed by atoms with Crippen LogP contribution in [0.25, 0.3) is 0 Å². The maximum Gasteiger partial charge on any atom is 0.322 e. The monoisotopic (exact) mass is 408 g/mol. The number of ether oxygens (including phenoxy) is 2. The van der Waals surface area contributed by atoms with Crippen LogP contribution < -0.4 is 19.7 Å². The van der Waals surface area contributed by atoms with E-state index >= 15 is 0 Å². The lowest BCUT2D eigenvalue weighted by Crippen LogP contribution is -2.24. The molecule has 1 saturated heterocycles. The lowest BCUT2D eigenvalue weighted by atomic mass is 10.1. The molecule has 1 unspecified atom stereocenters. The first-order chi connectivity index (χ1) is 14.6. The standard InChI is InChI=1S/C21H20N4O5/c1-28-16-10-6-9-15(18(16)29-2)19(27)22-21-24-23-20(30-21)13-11-17(26)25(12-13)14-7-4-3-5-8-14/h3-10,13H,11-12H2,1-2H3,(H,22,24,27). The minimum Gasteiger partial charge on any atom is -0.493 e. The number of nitrogens with one attached hydrogen (secondary N) is 1. The van der Waals surface area contributed by atoms with Crippen LogP contribution in [0.2, 0.25) is 0 Å². The van der Waals surface area contributed by atoms with Crippen molar-refractivity contribution in [2.24, 2.45) is 0 Å². The third-order valence-corrected chi connectivity index (χ3v) is 4.85. The van der Waals surface area contributed by atoms with Gasteiger partial charge in [0, 0.05) is 18.7 Å². The minimum absolute atomic E-state index is 0.0175. The van der Waals surface area contributed by atoms with Gasteiger partial charge in [-0.1, -0.05) is 29.4 Å². The molecule has 3 aromatic rings. The highest BCUT2D eigenvalue weighted by molar-refractivity contribution is 6.05. The number of aromatic nitrogens is 2. The molecule has 154 valence electrons. The summed E-state index contributed by atoms with van der Waals surface area (Å²) in [5.41, 5.74) is 1.09. The van der Waals surface area contributed by atoms with Crippen LogP contribution in [0.5, 0.6) is 11.5 Å². The topological polar surface area (TPSA) is 107 Å². The Bertz CT molecular complexity index is 1070. The van der Waals surface area contributed by atoms with E-state index in [0.29, 0.717) is 23.9 Å². The predicted octanol–water partition coefficient (Wildman–Crippen LogP) is 2.86. The maximum absolute atomic E-state index is 12.6. The summed E-state index contributed by atoms with van der Waals surface area (Å²) in [5, 5.41) is 10.5. The first-order valence-corrected chi connectivity index (χ1v) is 9.32. The van der Waals surface area contributed by atoms with Gasteiger partial charge in [-0.3, -0.25) is 14.9 Å². The number of carbonyl (C=O) groups is 2.